The first-order valence-corrected chi connectivity index (χ1v) is 3.85. The molecule has 1 aliphatic heterocycles. The second kappa shape index (κ2) is 4.13. The highest BCUT2D eigenvalue weighted by atomic mass is 35.5. The monoisotopic (exact) mass is 165 g/mol. The van der Waals surface area contributed by atoms with Gasteiger partial charge in [-0.15, -0.1) is 0 Å². The molecule has 0 spiro atoms. The highest BCUT2D eigenvalue weighted by molar-refractivity contribution is 6.19. The van der Waals surface area contributed by atoms with Gasteiger partial charge in [-0.1, -0.05) is 11.6 Å². The van der Waals surface area contributed by atoms with Gasteiger partial charge in [0, 0.05) is 19.6 Å². The van der Waals surface area contributed by atoms with Crippen LogP contribution in [0.15, 0.2) is 0 Å². The number of aliphatic hydroxyl groups is 1. The Labute approximate surface area is 65.5 Å². The van der Waals surface area contributed by atoms with Crippen LogP contribution in [0.1, 0.15) is 0 Å². The van der Waals surface area contributed by atoms with Gasteiger partial charge in [-0.3, -0.25) is 4.90 Å². The van der Waals surface area contributed by atoms with Gasteiger partial charge in [0.2, 0.25) is 0 Å². The third kappa shape index (κ3) is 2.42. The fourth-order valence-corrected chi connectivity index (χ4v) is 1.29. The molecule has 1 rings (SSSR count). The lowest BCUT2D eigenvalue weighted by atomic mass is 10.4. The number of aliphatic hydroxyl groups excluding tert-OH is 1. The summed E-state index contributed by atoms with van der Waals surface area (Å²) in [6.07, 6.45) is 0. The van der Waals surface area contributed by atoms with Gasteiger partial charge in [0.15, 0.2) is 0 Å². The molecule has 60 valence electrons. The van der Waals surface area contributed by atoms with Crippen LogP contribution >= 0.6 is 11.6 Å². The number of morpholine rings is 1. The normalized spacial score (nSPS) is 28.8. The molecule has 0 saturated carbocycles. The minimum absolute atomic E-state index is 0.194. The summed E-state index contributed by atoms with van der Waals surface area (Å²) >= 11 is 5.70. The first-order chi connectivity index (χ1) is 4.83. The van der Waals surface area contributed by atoms with Crippen molar-refractivity contribution in [1.29, 1.82) is 0 Å². The molecule has 1 unspecified atom stereocenters. The molecule has 0 amide bonds. The molecule has 4 heteroatoms. The van der Waals surface area contributed by atoms with Crippen molar-refractivity contribution in [3.05, 3.63) is 0 Å². The van der Waals surface area contributed by atoms with Gasteiger partial charge in [0.05, 0.1) is 13.2 Å². The van der Waals surface area contributed by atoms with Crippen LogP contribution < -0.4 is 0 Å². The molecule has 0 aromatic heterocycles. The van der Waals surface area contributed by atoms with E-state index in [9.17, 15) is 0 Å². The summed E-state index contributed by atoms with van der Waals surface area (Å²) in [5.74, 6) is 0. The summed E-state index contributed by atoms with van der Waals surface area (Å²) in [4.78, 5) is 2.08. The van der Waals surface area contributed by atoms with Gasteiger partial charge in [0.25, 0.3) is 0 Å². The van der Waals surface area contributed by atoms with Crippen LogP contribution in [0.5, 0.6) is 0 Å². The van der Waals surface area contributed by atoms with E-state index in [1.807, 2.05) is 0 Å². The van der Waals surface area contributed by atoms with E-state index < -0.39 is 0 Å². The maximum Gasteiger partial charge on any atom is 0.143 e. The standard InChI is InChI=1S/C6H12ClNO2/c7-6-5-8(1-3-9)2-4-10-6/h6,9H,1-5H2. The zero-order valence-corrected chi connectivity index (χ0v) is 6.55. The van der Waals surface area contributed by atoms with Crippen molar-refractivity contribution in [3.63, 3.8) is 0 Å². The molecule has 0 aromatic carbocycles. The molecule has 0 aliphatic carbocycles. The molecule has 1 atom stereocenters. The van der Waals surface area contributed by atoms with Gasteiger partial charge in [0.1, 0.15) is 5.56 Å². The van der Waals surface area contributed by atoms with Crippen LogP contribution in [0, 0.1) is 0 Å². The second-order valence-corrected chi connectivity index (χ2v) is 2.79. The third-order valence-corrected chi connectivity index (χ3v) is 1.79. The lowest BCUT2D eigenvalue weighted by Gasteiger charge is -2.28. The zero-order chi connectivity index (χ0) is 7.40. The van der Waals surface area contributed by atoms with Gasteiger partial charge < -0.3 is 9.84 Å². The Bertz CT molecular complexity index is 99.7. The molecular formula is C6H12ClNO2. The van der Waals surface area contributed by atoms with E-state index in [0.29, 0.717) is 13.2 Å². The molecule has 1 N–H and O–H groups in total. The molecule has 1 heterocycles. The van der Waals surface area contributed by atoms with E-state index in [0.717, 1.165) is 13.1 Å². The first-order valence-electron chi connectivity index (χ1n) is 3.42. The molecule has 0 bridgehead atoms. The van der Waals surface area contributed by atoms with E-state index in [4.69, 9.17) is 21.4 Å². The SMILES string of the molecule is OCCN1CCOC(Cl)C1. The Balaban J connectivity index is 2.18. The van der Waals surface area contributed by atoms with Crippen molar-refractivity contribution in [2.75, 3.05) is 32.8 Å². The molecule has 1 fully saturated rings. The van der Waals surface area contributed by atoms with Crippen molar-refractivity contribution in [2.45, 2.75) is 5.56 Å². The lowest BCUT2D eigenvalue weighted by molar-refractivity contribution is 0.00839. The summed E-state index contributed by atoms with van der Waals surface area (Å²) in [6.45, 7) is 3.18. The zero-order valence-electron chi connectivity index (χ0n) is 5.79. The number of alkyl halides is 1. The Kier molecular flexibility index (Phi) is 3.42. The Hall–Kier alpha value is 0.170. The highest BCUT2D eigenvalue weighted by Gasteiger charge is 2.16. The topological polar surface area (TPSA) is 32.7 Å². The van der Waals surface area contributed by atoms with E-state index in [1.54, 1.807) is 0 Å². The third-order valence-electron chi connectivity index (χ3n) is 1.52. The highest BCUT2D eigenvalue weighted by Crippen LogP contribution is 2.07. The van der Waals surface area contributed by atoms with Gasteiger partial charge >= 0.3 is 0 Å². The average molecular weight is 166 g/mol. The number of nitrogens with zero attached hydrogens (tertiary/aromatic N) is 1. The van der Waals surface area contributed by atoms with Crippen molar-refractivity contribution in [3.8, 4) is 0 Å². The van der Waals surface area contributed by atoms with Crippen molar-refractivity contribution in [2.24, 2.45) is 0 Å². The fraction of sp³-hybridized carbons (Fsp3) is 1.00. The van der Waals surface area contributed by atoms with Crippen LogP contribution in [-0.4, -0.2) is 48.4 Å². The molecular weight excluding hydrogens is 154 g/mol. The predicted molar refractivity (Wildman–Crippen MR) is 39.1 cm³/mol. The second-order valence-electron chi connectivity index (χ2n) is 2.31. The maximum absolute atomic E-state index is 8.58. The fourth-order valence-electron chi connectivity index (χ4n) is 1.00. The number of rotatable bonds is 2. The van der Waals surface area contributed by atoms with Gasteiger partial charge in [-0.05, 0) is 0 Å². The van der Waals surface area contributed by atoms with E-state index in [2.05, 4.69) is 4.90 Å². The van der Waals surface area contributed by atoms with Crippen molar-refractivity contribution >= 4 is 11.6 Å². The number of ether oxygens (including phenoxy) is 1. The van der Waals surface area contributed by atoms with E-state index in [1.165, 1.54) is 0 Å². The molecule has 0 aromatic rings. The lowest BCUT2D eigenvalue weighted by Crippen LogP contribution is -2.41. The van der Waals surface area contributed by atoms with Crippen LogP contribution in [0.25, 0.3) is 0 Å². The van der Waals surface area contributed by atoms with E-state index >= 15 is 0 Å². The molecule has 3 nitrogen and oxygen atoms in total. The maximum atomic E-state index is 8.58. The first kappa shape index (κ1) is 8.27. The van der Waals surface area contributed by atoms with Gasteiger partial charge in [-0.2, -0.15) is 0 Å². The van der Waals surface area contributed by atoms with Crippen LogP contribution in [0.3, 0.4) is 0 Å². The molecule has 1 aliphatic rings. The van der Waals surface area contributed by atoms with Crippen molar-refractivity contribution < 1.29 is 9.84 Å². The smallest absolute Gasteiger partial charge is 0.143 e. The summed E-state index contributed by atoms with van der Waals surface area (Å²) in [5, 5.41) is 8.58. The number of hydrogen-bond donors (Lipinski definition) is 1. The van der Waals surface area contributed by atoms with Crippen LogP contribution in [0.4, 0.5) is 0 Å². The summed E-state index contributed by atoms with van der Waals surface area (Å²) in [7, 11) is 0. The van der Waals surface area contributed by atoms with Crippen LogP contribution in [0.2, 0.25) is 0 Å². The Morgan fingerprint density at radius 2 is 2.50 bits per heavy atom. The number of hydrogen-bond acceptors (Lipinski definition) is 3. The quantitative estimate of drug-likeness (QED) is 0.579. The number of halogens is 1. The van der Waals surface area contributed by atoms with E-state index in [-0.39, 0.29) is 12.2 Å². The average Bonchev–Trinajstić information content (AvgIpc) is 1.88. The largest absolute Gasteiger partial charge is 0.395 e. The summed E-state index contributed by atoms with van der Waals surface area (Å²) in [5.41, 5.74) is -0.194. The molecule has 10 heavy (non-hydrogen) atoms. The minimum Gasteiger partial charge on any atom is -0.395 e. The summed E-state index contributed by atoms with van der Waals surface area (Å²) in [6, 6.07) is 0. The van der Waals surface area contributed by atoms with Crippen molar-refractivity contribution in [1.82, 2.24) is 4.90 Å². The Morgan fingerprint density at radius 1 is 1.70 bits per heavy atom. The minimum atomic E-state index is -0.194. The predicted octanol–water partition coefficient (Wildman–Crippen LogP) is -0.124. The summed E-state index contributed by atoms with van der Waals surface area (Å²) < 4.78 is 5.10. The van der Waals surface area contributed by atoms with Gasteiger partial charge in [-0.25, -0.2) is 0 Å². The molecule has 1 saturated heterocycles. The Morgan fingerprint density at radius 3 is 3.10 bits per heavy atom. The molecule has 0 radical (unpaired) electrons. The number of β-amino-alcohol motifs (C(OH)–C–C–N with tert-alkyl or cyclic N) is 1. The van der Waals surface area contributed by atoms with Crippen LogP contribution in [-0.2, 0) is 4.74 Å².